The number of piperazine rings is 1. The van der Waals surface area contributed by atoms with Gasteiger partial charge in [0.25, 0.3) is 0 Å². The van der Waals surface area contributed by atoms with E-state index in [1.807, 2.05) is 42.5 Å². The summed E-state index contributed by atoms with van der Waals surface area (Å²) in [6, 6.07) is 30.8. The molecule has 1 heterocycles. The Morgan fingerprint density at radius 2 is 0.958 bits per heavy atom. The average Bonchev–Trinajstić information content (AvgIpc) is 3.07. The van der Waals surface area contributed by atoms with E-state index in [0.29, 0.717) is 49.7 Å². The van der Waals surface area contributed by atoms with Gasteiger partial charge in [0.1, 0.15) is 6.10 Å². The Bertz CT molecular complexity index is 1380. The first-order chi connectivity index (χ1) is 23.0. The topological polar surface area (TPSA) is 182 Å². The van der Waals surface area contributed by atoms with Crippen LogP contribution in [0.5, 0.6) is 0 Å². The number of carboxylic acid groups (broad SMARTS) is 4. The highest BCUT2D eigenvalue weighted by Gasteiger charge is 2.20. The number of benzene rings is 3. The zero-order valence-electron chi connectivity index (χ0n) is 26.3. The number of rotatable bonds is 14. The first-order valence-electron chi connectivity index (χ1n) is 15.0. The van der Waals surface area contributed by atoms with Crippen LogP contribution in [-0.2, 0) is 35.1 Å². The Kier molecular flexibility index (Phi) is 17.9. The van der Waals surface area contributed by atoms with Gasteiger partial charge in [0.05, 0.1) is 13.2 Å². The minimum Gasteiger partial charge on any atom is -0.478 e. The second-order valence-electron chi connectivity index (χ2n) is 10.4. The van der Waals surface area contributed by atoms with Crippen LogP contribution >= 0.6 is 0 Å². The molecule has 1 aliphatic rings. The number of hydrogen-bond donors (Lipinski definition) is 4. The number of ketones is 1. The van der Waals surface area contributed by atoms with Gasteiger partial charge in [-0.05, 0) is 16.7 Å². The lowest BCUT2D eigenvalue weighted by atomic mass is 10.0. The van der Waals surface area contributed by atoms with Crippen molar-refractivity contribution in [3.63, 3.8) is 0 Å². The zero-order valence-corrected chi connectivity index (χ0v) is 26.3. The number of carbonyl (C=O) groups excluding carboxylic acids is 1. The minimum atomic E-state index is -1.26. The first-order valence-corrected chi connectivity index (χ1v) is 15.0. The maximum atomic E-state index is 12.4. The molecule has 0 radical (unpaired) electrons. The van der Waals surface area contributed by atoms with E-state index in [-0.39, 0.29) is 6.10 Å². The molecule has 0 aliphatic carbocycles. The molecule has 1 fully saturated rings. The smallest absolute Gasteiger partial charge is 0.328 e. The van der Waals surface area contributed by atoms with Gasteiger partial charge in [0.2, 0.25) is 0 Å². The number of carboxylic acids is 4. The zero-order chi connectivity index (χ0) is 35.1. The average molecular weight is 661 g/mol. The van der Waals surface area contributed by atoms with E-state index in [9.17, 15) is 24.0 Å². The van der Waals surface area contributed by atoms with Crippen LogP contribution in [0.25, 0.3) is 0 Å². The van der Waals surface area contributed by atoms with Crippen LogP contribution in [0.3, 0.4) is 0 Å². The molecule has 12 heteroatoms. The number of hydrogen-bond acceptors (Lipinski definition) is 8. The lowest BCUT2D eigenvalue weighted by Crippen LogP contribution is -2.48. The van der Waals surface area contributed by atoms with Gasteiger partial charge in [-0.15, -0.1) is 0 Å². The molecule has 1 aliphatic heterocycles. The van der Waals surface area contributed by atoms with Crippen LogP contribution in [0.1, 0.15) is 22.8 Å². The maximum absolute atomic E-state index is 12.4. The van der Waals surface area contributed by atoms with Crippen molar-refractivity contribution in [1.29, 1.82) is 0 Å². The van der Waals surface area contributed by atoms with Crippen molar-refractivity contribution in [2.45, 2.75) is 12.5 Å². The van der Waals surface area contributed by atoms with Crippen molar-refractivity contribution in [1.82, 2.24) is 9.80 Å². The summed E-state index contributed by atoms with van der Waals surface area (Å²) in [5, 5.41) is 31.2. The Balaban J connectivity index is 0.000000414. The molecule has 3 aromatic carbocycles. The maximum Gasteiger partial charge on any atom is 0.328 e. The number of carbonyl (C=O) groups is 5. The van der Waals surface area contributed by atoms with E-state index >= 15 is 0 Å². The molecule has 1 saturated heterocycles. The fourth-order valence-electron chi connectivity index (χ4n) is 4.53. The molecule has 12 nitrogen and oxygen atoms in total. The SMILES string of the molecule is O=C(Cc1ccccc1)CN1CCN(CCOC(c2ccccc2)c2ccccc2)CC1.O=C(O)/C=C\C(=O)O.O=C(O)/C=C\C(=O)O. The summed E-state index contributed by atoms with van der Waals surface area (Å²) in [5.41, 5.74) is 3.46. The molecule has 0 unspecified atom stereocenters. The highest BCUT2D eigenvalue weighted by atomic mass is 16.5. The summed E-state index contributed by atoms with van der Waals surface area (Å²) in [5.74, 6) is -4.74. The van der Waals surface area contributed by atoms with Crippen LogP contribution in [-0.4, -0.2) is 106 Å². The molecule has 0 saturated carbocycles. The Labute approximate surface area is 278 Å². The van der Waals surface area contributed by atoms with Crippen molar-refractivity contribution in [3.8, 4) is 0 Å². The van der Waals surface area contributed by atoms with Crippen LogP contribution in [0.4, 0.5) is 0 Å². The third-order valence-electron chi connectivity index (χ3n) is 6.74. The molecule has 254 valence electrons. The molecular weight excluding hydrogens is 620 g/mol. The van der Waals surface area contributed by atoms with Gasteiger partial charge in [-0.25, -0.2) is 19.2 Å². The van der Waals surface area contributed by atoms with Gasteiger partial charge in [0, 0.05) is 63.4 Å². The van der Waals surface area contributed by atoms with E-state index < -0.39 is 23.9 Å². The van der Waals surface area contributed by atoms with E-state index in [2.05, 4.69) is 58.3 Å². The van der Waals surface area contributed by atoms with Crippen molar-refractivity contribution in [2.75, 3.05) is 45.9 Å². The van der Waals surface area contributed by atoms with Crippen LogP contribution in [0.2, 0.25) is 0 Å². The van der Waals surface area contributed by atoms with E-state index in [0.717, 1.165) is 38.3 Å². The predicted octanol–water partition coefficient (Wildman–Crippen LogP) is 3.65. The molecule has 0 aromatic heterocycles. The third-order valence-corrected chi connectivity index (χ3v) is 6.74. The van der Waals surface area contributed by atoms with Gasteiger partial charge in [-0.2, -0.15) is 0 Å². The molecule has 0 bridgehead atoms. The van der Waals surface area contributed by atoms with Gasteiger partial charge in [-0.3, -0.25) is 14.6 Å². The molecule has 48 heavy (non-hydrogen) atoms. The fourth-order valence-corrected chi connectivity index (χ4v) is 4.53. The Hall–Kier alpha value is -5.43. The quantitative estimate of drug-likeness (QED) is 0.185. The fraction of sp³-hybridized carbons (Fsp3) is 0.250. The van der Waals surface area contributed by atoms with Crippen LogP contribution in [0, 0.1) is 0 Å². The monoisotopic (exact) mass is 660 g/mol. The van der Waals surface area contributed by atoms with Crippen molar-refractivity contribution < 1.29 is 49.1 Å². The number of Topliss-reactive ketones (excluding diaryl/α,β-unsaturated/α-hetero) is 1. The second-order valence-corrected chi connectivity index (χ2v) is 10.4. The van der Waals surface area contributed by atoms with Crippen LogP contribution < -0.4 is 0 Å². The molecule has 0 atom stereocenters. The lowest BCUT2D eigenvalue weighted by molar-refractivity contribution is -0.134. The van der Waals surface area contributed by atoms with Gasteiger partial charge >= 0.3 is 23.9 Å². The predicted molar refractivity (Wildman–Crippen MR) is 178 cm³/mol. The Morgan fingerprint density at radius 3 is 1.35 bits per heavy atom. The minimum absolute atomic E-state index is 0.0469. The molecule has 3 aromatic rings. The molecule has 0 amide bonds. The lowest BCUT2D eigenvalue weighted by Gasteiger charge is -2.34. The highest BCUT2D eigenvalue weighted by Crippen LogP contribution is 2.25. The normalized spacial score (nSPS) is 13.3. The molecule has 0 spiro atoms. The summed E-state index contributed by atoms with van der Waals surface area (Å²) < 4.78 is 6.37. The van der Waals surface area contributed by atoms with Gasteiger partial charge in [-0.1, -0.05) is 91.0 Å². The summed E-state index contributed by atoms with van der Waals surface area (Å²) in [7, 11) is 0. The number of ether oxygens (including phenoxy) is 1. The van der Waals surface area contributed by atoms with E-state index in [4.69, 9.17) is 25.2 Å². The van der Waals surface area contributed by atoms with Crippen LogP contribution in [0.15, 0.2) is 115 Å². The second kappa shape index (κ2) is 22.2. The largest absolute Gasteiger partial charge is 0.478 e. The van der Waals surface area contributed by atoms with Crippen molar-refractivity contribution in [3.05, 3.63) is 132 Å². The highest BCUT2D eigenvalue weighted by molar-refractivity contribution is 5.90. The van der Waals surface area contributed by atoms with Crippen molar-refractivity contribution >= 4 is 29.7 Å². The summed E-state index contributed by atoms with van der Waals surface area (Å²) in [6.07, 6.45) is 2.71. The Morgan fingerprint density at radius 1 is 0.583 bits per heavy atom. The molecule has 4 N–H and O–H groups in total. The van der Waals surface area contributed by atoms with E-state index in [1.165, 1.54) is 11.1 Å². The molecular formula is C36H40N2O10. The summed E-state index contributed by atoms with van der Waals surface area (Å²) >= 11 is 0. The van der Waals surface area contributed by atoms with Gasteiger partial charge in [0.15, 0.2) is 5.78 Å². The standard InChI is InChI=1S/C28H32N2O2.2C4H4O4/c31-27(22-24-10-4-1-5-11-24)23-30-18-16-29(17-19-30)20-21-32-28(25-12-6-2-7-13-25)26-14-8-3-9-15-26;2*5-3(6)1-2-4(7)8/h1-15,28H,16-23H2;2*1-2H,(H,5,6)(H,7,8)/b;2*2-1-. The van der Waals surface area contributed by atoms with Crippen molar-refractivity contribution in [2.24, 2.45) is 0 Å². The van der Waals surface area contributed by atoms with Gasteiger partial charge < -0.3 is 25.2 Å². The first kappa shape index (κ1) is 38.8. The number of nitrogens with zero attached hydrogens (tertiary/aromatic N) is 2. The summed E-state index contributed by atoms with van der Waals surface area (Å²) in [4.78, 5) is 55.3. The molecule has 4 rings (SSSR count). The number of aliphatic carboxylic acids is 4. The van der Waals surface area contributed by atoms with E-state index in [1.54, 1.807) is 0 Å². The summed E-state index contributed by atoms with van der Waals surface area (Å²) in [6.45, 7) is 5.95. The third kappa shape index (κ3) is 17.3.